The number of hydrogen-bond donors (Lipinski definition) is 2. The Morgan fingerprint density at radius 2 is 2.00 bits per heavy atom. The molecular weight excluding hydrogens is 349 g/mol. The number of halogens is 2. The maximum atomic E-state index is 13.0. The van der Waals surface area contributed by atoms with Gasteiger partial charge in [-0.1, -0.05) is 30.9 Å². The van der Waals surface area contributed by atoms with Crippen LogP contribution in [-0.4, -0.2) is 34.8 Å². The molecule has 0 bridgehead atoms. The van der Waals surface area contributed by atoms with Crippen LogP contribution in [0.3, 0.4) is 0 Å². The molecule has 2 N–H and O–H groups in total. The minimum Gasteiger partial charge on any atom is -0.325 e. The first-order valence-corrected chi connectivity index (χ1v) is 8.68. The third-order valence-corrected chi connectivity index (χ3v) is 5.03. The van der Waals surface area contributed by atoms with Crippen LogP contribution in [0.2, 0.25) is 5.02 Å². The number of nitrogens with zero attached hydrogens (tertiary/aromatic N) is 1. The summed E-state index contributed by atoms with van der Waals surface area (Å²) >= 11 is 5.86. The summed E-state index contributed by atoms with van der Waals surface area (Å²) in [6, 6.07) is 3.20. The third-order valence-electron chi connectivity index (χ3n) is 4.72. The number of carbonyl (C=O) groups excluding carboxylic acids is 3. The van der Waals surface area contributed by atoms with Gasteiger partial charge in [0.1, 0.15) is 11.4 Å². The van der Waals surface area contributed by atoms with Gasteiger partial charge < -0.3 is 10.6 Å². The topological polar surface area (TPSA) is 78.5 Å². The summed E-state index contributed by atoms with van der Waals surface area (Å²) in [5.74, 6) is -1.15. The second kappa shape index (κ2) is 7.00. The Kier molecular flexibility index (Phi) is 4.94. The van der Waals surface area contributed by atoms with Gasteiger partial charge in [0.2, 0.25) is 5.91 Å². The fourth-order valence-corrected chi connectivity index (χ4v) is 3.60. The second-order valence-electron chi connectivity index (χ2n) is 6.45. The van der Waals surface area contributed by atoms with Gasteiger partial charge in [0.15, 0.2) is 0 Å². The number of amides is 4. The minimum absolute atomic E-state index is 0.00291. The quantitative estimate of drug-likeness (QED) is 0.803. The van der Waals surface area contributed by atoms with E-state index in [1.165, 1.54) is 12.1 Å². The van der Waals surface area contributed by atoms with Crippen molar-refractivity contribution in [3.05, 3.63) is 29.0 Å². The smallest absolute Gasteiger partial charge is 0.325 e. The first-order chi connectivity index (χ1) is 11.9. The van der Waals surface area contributed by atoms with Gasteiger partial charge in [0.25, 0.3) is 5.91 Å². The Balaban J connectivity index is 1.58. The van der Waals surface area contributed by atoms with Gasteiger partial charge in [-0.3, -0.25) is 14.5 Å². The molecule has 25 heavy (non-hydrogen) atoms. The van der Waals surface area contributed by atoms with E-state index in [0.717, 1.165) is 30.2 Å². The Morgan fingerprint density at radius 1 is 1.28 bits per heavy atom. The highest BCUT2D eigenvalue weighted by molar-refractivity contribution is 6.33. The number of rotatable bonds is 4. The molecule has 1 aromatic rings. The van der Waals surface area contributed by atoms with Gasteiger partial charge in [0.05, 0.1) is 10.7 Å². The third kappa shape index (κ3) is 3.61. The van der Waals surface area contributed by atoms with Gasteiger partial charge in [0, 0.05) is 13.0 Å². The Bertz CT molecular complexity index is 719. The van der Waals surface area contributed by atoms with Crippen LogP contribution in [0.15, 0.2) is 18.2 Å². The zero-order valence-corrected chi connectivity index (χ0v) is 14.4. The molecule has 3 rings (SSSR count). The van der Waals surface area contributed by atoms with Crippen molar-refractivity contribution in [2.45, 2.75) is 44.1 Å². The van der Waals surface area contributed by atoms with E-state index in [1.54, 1.807) is 0 Å². The molecule has 1 heterocycles. The highest BCUT2D eigenvalue weighted by Gasteiger charge is 2.51. The summed E-state index contributed by atoms with van der Waals surface area (Å²) in [4.78, 5) is 37.9. The molecule has 1 aromatic carbocycles. The molecule has 2 aliphatic rings. The van der Waals surface area contributed by atoms with E-state index in [-0.39, 0.29) is 29.6 Å². The molecule has 0 radical (unpaired) electrons. The van der Waals surface area contributed by atoms with Crippen LogP contribution in [0.5, 0.6) is 0 Å². The van der Waals surface area contributed by atoms with Crippen molar-refractivity contribution in [2.75, 3.05) is 11.9 Å². The molecule has 6 nitrogen and oxygen atoms in total. The number of nitrogens with one attached hydrogen (secondary N) is 2. The SMILES string of the molecule is O=C(CCN1C(=O)NC2(CCCCC2)C1=O)Nc1ccc(F)cc1Cl. The van der Waals surface area contributed by atoms with Gasteiger partial charge in [-0.2, -0.15) is 0 Å². The molecule has 1 aliphatic heterocycles. The van der Waals surface area contributed by atoms with Gasteiger partial charge in [-0.05, 0) is 31.0 Å². The van der Waals surface area contributed by atoms with E-state index in [0.29, 0.717) is 12.8 Å². The van der Waals surface area contributed by atoms with Crippen molar-refractivity contribution < 1.29 is 18.8 Å². The lowest BCUT2D eigenvalue weighted by Gasteiger charge is -2.30. The van der Waals surface area contributed by atoms with Crippen LogP contribution in [-0.2, 0) is 9.59 Å². The fraction of sp³-hybridized carbons (Fsp3) is 0.471. The van der Waals surface area contributed by atoms with Crippen LogP contribution in [0.25, 0.3) is 0 Å². The lowest BCUT2D eigenvalue weighted by atomic mass is 9.82. The zero-order chi connectivity index (χ0) is 18.0. The van der Waals surface area contributed by atoms with Crippen LogP contribution in [0.1, 0.15) is 38.5 Å². The summed E-state index contributed by atoms with van der Waals surface area (Å²) in [6.45, 7) is -0.00291. The lowest BCUT2D eigenvalue weighted by Crippen LogP contribution is -2.48. The highest BCUT2D eigenvalue weighted by atomic mass is 35.5. The summed E-state index contributed by atoms with van der Waals surface area (Å²) in [6.07, 6.45) is 4.11. The molecule has 1 aliphatic carbocycles. The molecule has 0 unspecified atom stereocenters. The molecule has 8 heteroatoms. The number of benzene rings is 1. The number of hydrogen-bond acceptors (Lipinski definition) is 3. The molecule has 0 aromatic heterocycles. The van der Waals surface area contributed by atoms with Crippen molar-refractivity contribution in [3.8, 4) is 0 Å². The fourth-order valence-electron chi connectivity index (χ4n) is 3.39. The van der Waals surface area contributed by atoms with Crippen LogP contribution in [0, 0.1) is 5.82 Å². The lowest BCUT2D eigenvalue weighted by molar-refractivity contribution is -0.132. The van der Waals surface area contributed by atoms with Crippen molar-refractivity contribution in [1.82, 2.24) is 10.2 Å². The summed E-state index contributed by atoms with van der Waals surface area (Å²) in [5.41, 5.74) is -0.500. The molecule has 134 valence electrons. The van der Waals surface area contributed by atoms with Crippen molar-refractivity contribution in [1.29, 1.82) is 0 Å². The van der Waals surface area contributed by atoms with E-state index in [2.05, 4.69) is 10.6 Å². The van der Waals surface area contributed by atoms with E-state index in [1.807, 2.05) is 0 Å². The van der Waals surface area contributed by atoms with Gasteiger partial charge >= 0.3 is 6.03 Å². The van der Waals surface area contributed by atoms with E-state index in [4.69, 9.17) is 11.6 Å². The largest absolute Gasteiger partial charge is 0.325 e. The van der Waals surface area contributed by atoms with Crippen molar-refractivity contribution >= 4 is 35.1 Å². The number of anilines is 1. The number of imide groups is 1. The molecule has 2 fully saturated rings. The minimum atomic E-state index is -0.786. The van der Waals surface area contributed by atoms with E-state index < -0.39 is 23.3 Å². The maximum Gasteiger partial charge on any atom is 0.325 e. The predicted molar refractivity (Wildman–Crippen MR) is 90.7 cm³/mol. The molecule has 0 atom stereocenters. The number of urea groups is 1. The first-order valence-electron chi connectivity index (χ1n) is 8.30. The Hall–Kier alpha value is -2.15. The summed E-state index contributed by atoms with van der Waals surface area (Å²) in [7, 11) is 0. The Labute approximate surface area is 149 Å². The monoisotopic (exact) mass is 367 g/mol. The van der Waals surface area contributed by atoms with Crippen LogP contribution in [0.4, 0.5) is 14.9 Å². The van der Waals surface area contributed by atoms with Crippen molar-refractivity contribution in [2.24, 2.45) is 0 Å². The molecule has 1 saturated heterocycles. The van der Waals surface area contributed by atoms with Gasteiger partial charge in [-0.25, -0.2) is 9.18 Å². The Morgan fingerprint density at radius 3 is 2.68 bits per heavy atom. The standard InChI is InChI=1S/C17H19ClFN3O3/c18-12-10-11(19)4-5-13(12)20-14(23)6-9-22-15(24)17(21-16(22)25)7-2-1-3-8-17/h4-5,10H,1-3,6-9H2,(H,20,23)(H,21,25). The zero-order valence-electron chi connectivity index (χ0n) is 13.6. The molecule has 1 spiro atoms. The van der Waals surface area contributed by atoms with Crippen LogP contribution < -0.4 is 10.6 Å². The average Bonchev–Trinajstić information content (AvgIpc) is 2.79. The summed E-state index contributed by atoms with van der Waals surface area (Å²) < 4.78 is 13.0. The van der Waals surface area contributed by atoms with E-state index in [9.17, 15) is 18.8 Å². The molecule has 1 saturated carbocycles. The second-order valence-corrected chi connectivity index (χ2v) is 6.86. The normalized spacial score (nSPS) is 19.2. The molecular formula is C17H19ClFN3O3. The summed E-state index contributed by atoms with van der Waals surface area (Å²) in [5, 5.41) is 5.44. The van der Waals surface area contributed by atoms with E-state index >= 15 is 0 Å². The van der Waals surface area contributed by atoms with Crippen LogP contribution >= 0.6 is 11.6 Å². The average molecular weight is 368 g/mol. The first kappa shape index (κ1) is 17.7. The number of carbonyl (C=O) groups is 3. The van der Waals surface area contributed by atoms with Gasteiger partial charge in [-0.15, -0.1) is 0 Å². The highest BCUT2D eigenvalue weighted by Crippen LogP contribution is 2.33. The molecule has 4 amide bonds. The maximum absolute atomic E-state index is 13.0. The van der Waals surface area contributed by atoms with Crippen molar-refractivity contribution in [3.63, 3.8) is 0 Å². The predicted octanol–water partition coefficient (Wildman–Crippen LogP) is 3.06.